The van der Waals surface area contributed by atoms with Gasteiger partial charge in [-0.1, -0.05) is 0 Å². The molecule has 20 heavy (non-hydrogen) atoms. The molecule has 7 nitrogen and oxygen atoms in total. The molecule has 0 unspecified atom stereocenters. The predicted molar refractivity (Wildman–Crippen MR) is 76.8 cm³/mol. The summed E-state index contributed by atoms with van der Waals surface area (Å²) in [6.07, 6.45) is 1.21. The molecule has 0 amide bonds. The molecule has 0 aromatic carbocycles. The molecule has 2 heterocycles. The number of thiazole rings is 1. The van der Waals surface area contributed by atoms with Crippen LogP contribution in [0.2, 0.25) is 0 Å². The number of carbonyl (C=O) groups is 1. The Labute approximate surface area is 122 Å². The maximum Gasteiger partial charge on any atom is 0.357 e. The Hall–Kier alpha value is -1.19. The van der Waals surface area contributed by atoms with Gasteiger partial charge in [0, 0.05) is 31.1 Å². The fourth-order valence-electron chi connectivity index (χ4n) is 2.01. The van der Waals surface area contributed by atoms with Gasteiger partial charge in [-0.05, 0) is 6.92 Å². The van der Waals surface area contributed by atoms with Crippen molar-refractivity contribution < 1.29 is 17.9 Å². The number of carbonyl (C=O) groups excluding carboxylic acids is 1. The maximum absolute atomic E-state index is 11.5. The van der Waals surface area contributed by atoms with Gasteiger partial charge in [0.25, 0.3) is 0 Å². The van der Waals surface area contributed by atoms with Gasteiger partial charge < -0.3 is 9.64 Å². The number of ether oxygens (including phenoxy) is 1. The number of hydrogen-bond donors (Lipinski definition) is 0. The van der Waals surface area contributed by atoms with Gasteiger partial charge in [0.05, 0.1) is 13.4 Å². The molecular weight excluding hydrogens is 302 g/mol. The van der Waals surface area contributed by atoms with Crippen LogP contribution in [0.4, 0.5) is 5.13 Å². The van der Waals surface area contributed by atoms with E-state index in [1.807, 2.05) is 11.8 Å². The molecular formula is C11H17N3O4S2. The Morgan fingerprint density at radius 1 is 1.30 bits per heavy atom. The van der Waals surface area contributed by atoms with Crippen molar-refractivity contribution in [2.75, 3.05) is 44.4 Å². The summed E-state index contributed by atoms with van der Waals surface area (Å²) in [4.78, 5) is 18.6. The number of hydrogen-bond acceptors (Lipinski definition) is 7. The molecule has 0 saturated carbocycles. The topological polar surface area (TPSA) is 79.8 Å². The van der Waals surface area contributed by atoms with E-state index in [1.165, 1.54) is 29.0 Å². The lowest BCUT2D eigenvalue weighted by Crippen LogP contribution is -2.48. The number of anilines is 1. The summed E-state index contributed by atoms with van der Waals surface area (Å²) in [5, 5.41) is 0.732. The molecule has 1 aliphatic heterocycles. The van der Waals surface area contributed by atoms with Crippen LogP contribution < -0.4 is 4.90 Å². The van der Waals surface area contributed by atoms with Gasteiger partial charge in [0.15, 0.2) is 10.8 Å². The Balaban J connectivity index is 2.10. The molecule has 1 aliphatic rings. The van der Waals surface area contributed by atoms with Crippen LogP contribution in [0, 0.1) is 6.92 Å². The summed E-state index contributed by atoms with van der Waals surface area (Å²) in [6, 6.07) is 0. The number of esters is 1. The summed E-state index contributed by atoms with van der Waals surface area (Å²) < 4.78 is 29.0. The van der Waals surface area contributed by atoms with Gasteiger partial charge >= 0.3 is 5.97 Å². The van der Waals surface area contributed by atoms with Gasteiger partial charge in [-0.15, -0.1) is 11.3 Å². The third kappa shape index (κ3) is 3.10. The van der Waals surface area contributed by atoms with Crippen molar-refractivity contribution in [1.29, 1.82) is 0 Å². The summed E-state index contributed by atoms with van der Waals surface area (Å²) in [5.74, 6) is -0.445. The Morgan fingerprint density at radius 2 is 1.90 bits per heavy atom. The molecule has 1 aromatic heterocycles. The smallest absolute Gasteiger partial charge is 0.357 e. The van der Waals surface area contributed by atoms with Crippen molar-refractivity contribution >= 4 is 32.5 Å². The van der Waals surface area contributed by atoms with E-state index < -0.39 is 16.0 Å². The highest BCUT2D eigenvalue weighted by Crippen LogP contribution is 2.27. The minimum absolute atomic E-state index is 0.332. The minimum atomic E-state index is -3.14. The number of rotatable bonds is 3. The van der Waals surface area contributed by atoms with Crippen LogP contribution in [0.15, 0.2) is 0 Å². The molecule has 112 valence electrons. The average molecular weight is 319 g/mol. The lowest BCUT2D eigenvalue weighted by Gasteiger charge is -2.32. The van der Waals surface area contributed by atoms with Crippen molar-refractivity contribution in [1.82, 2.24) is 9.29 Å². The Morgan fingerprint density at radius 3 is 2.40 bits per heavy atom. The zero-order valence-electron chi connectivity index (χ0n) is 11.6. The second-order valence-corrected chi connectivity index (χ2v) is 7.71. The highest BCUT2D eigenvalue weighted by molar-refractivity contribution is 7.88. The molecule has 1 aromatic rings. The molecule has 2 rings (SSSR count). The van der Waals surface area contributed by atoms with E-state index >= 15 is 0 Å². The van der Waals surface area contributed by atoms with Crippen molar-refractivity contribution in [3.05, 3.63) is 10.6 Å². The molecule has 9 heteroatoms. The number of methoxy groups -OCH3 is 1. The molecule has 0 aliphatic carbocycles. The monoisotopic (exact) mass is 319 g/mol. The van der Waals surface area contributed by atoms with Crippen molar-refractivity contribution in [2.45, 2.75) is 6.92 Å². The van der Waals surface area contributed by atoms with E-state index in [0.717, 1.165) is 10.0 Å². The van der Waals surface area contributed by atoms with E-state index in [9.17, 15) is 13.2 Å². The van der Waals surface area contributed by atoms with Gasteiger partial charge in [0.1, 0.15) is 0 Å². The van der Waals surface area contributed by atoms with Crippen LogP contribution in [0.25, 0.3) is 0 Å². The van der Waals surface area contributed by atoms with Crippen LogP contribution in [0.5, 0.6) is 0 Å². The minimum Gasteiger partial charge on any atom is -0.464 e. The van der Waals surface area contributed by atoms with Gasteiger partial charge in [-0.3, -0.25) is 0 Å². The lowest BCUT2D eigenvalue weighted by atomic mass is 10.4. The number of aryl methyl sites for hydroxylation is 1. The SMILES string of the molecule is COC(=O)c1nc(N2CCN(S(C)(=O)=O)CC2)sc1C. The zero-order valence-corrected chi connectivity index (χ0v) is 13.3. The van der Waals surface area contributed by atoms with E-state index in [2.05, 4.69) is 9.72 Å². The third-order valence-corrected chi connectivity index (χ3v) is 5.48. The molecule has 0 N–H and O–H groups in total. The van der Waals surface area contributed by atoms with E-state index in [1.54, 1.807) is 0 Å². The van der Waals surface area contributed by atoms with Crippen LogP contribution in [-0.4, -0.2) is 63.2 Å². The molecule has 0 bridgehead atoms. The summed E-state index contributed by atoms with van der Waals surface area (Å²) in [5.41, 5.74) is 0.332. The molecule has 0 spiro atoms. The summed E-state index contributed by atoms with van der Waals surface area (Å²) in [6.45, 7) is 3.83. The fourth-order valence-corrected chi connectivity index (χ4v) is 3.79. The van der Waals surface area contributed by atoms with Crippen LogP contribution >= 0.6 is 11.3 Å². The average Bonchev–Trinajstić information content (AvgIpc) is 2.79. The Kier molecular flexibility index (Phi) is 4.31. The maximum atomic E-state index is 11.5. The highest BCUT2D eigenvalue weighted by atomic mass is 32.2. The van der Waals surface area contributed by atoms with Gasteiger partial charge in [0.2, 0.25) is 10.0 Å². The van der Waals surface area contributed by atoms with Crippen molar-refractivity contribution in [3.63, 3.8) is 0 Å². The molecule has 1 fully saturated rings. The quantitative estimate of drug-likeness (QED) is 0.747. The third-order valence-electron chi connectivity index (χ3n) is 3.14. The number of piperazine rings is 1. The fraction of sp³-hybridized carbons (Fsp3) is 0.636. The first-order valence-electron chi connectivity index (χ1n) is 6.08. The van der Waals surface area contributed by atoms with Gasteiger partial charge in [-0.25, -0.2) is 18.2 Å². The first-order chi connectivity index (χ1) is 9.32. The van der Waals surface area contributed by atoms with E-state index in [0.29, 0.717) is 31.9 Å². The second-order valence-electron chi connectivity index (χ2n) is 4.54. The first kappa shape index (κ1) is 15.2. The molecule has 0 radical (unpaired) electrons. The van der Waals surface area contributed by atoms with E-state index in [-0.39, 0.29) is 0 Å². The standard InChI is InChI=1S/C11H17N3O4S2/c1-8-9(10(15)18-2)12-11(19-8)13-4-6-14(7-5-13)20(3,16)17/h4-7H2,1-3H3. The largest absolute Gasteiger partial charge is 0.464 e. The predicted octanol–water partition coefficient (Wildman–Crippen LogP) is 0.320. The van der Waals surface area contributed by atoms with E-state index in [4.69, 9.17) is 0 Å². The van der Waals surface area contributed by atoms with Crippen molar-refractivity contribution in [2.24, 2.45) is 0 Å². The first-order valence-corrected chi connectivity index (χ1v) is 8.75. The number of nitrogens with zero attached hydrogens (tertiary/aromatic N) is 3. The molecule has 0 atom stereocenters. The lowest BCUT2D eigenvalue weighted by molar-refractivity contribution is 0.0594. The van der Waals surface area contributed by atoms with Gasteiger partial charge in [-0.2, -0.15) is 4.31 Å². The van der Waals surface area contributed by atoms with Crippen LogP contribution in [-0.2, 0) is 14.8 Å². The second kappa shape index (κ2) is 5.66. The number of aromatic nitrogens is 1. The zero-order chi connectivity index (χ0) is 14.9. The van der Waals surface area contributed by atoms with Crippen LogP contribution in [0.3, 0.4) is 0 Å². The molecule has 1 saturated heterocycles. The van der Waals surface area contributed by atoms with Crippen molar-refractivity contribution in [3.8, 4) is 0 Å². The van der Waals surface area contributed by atoms with Crippen LogP contribution in [0.1, 0.15) is 15.4 Å². The number of sulfonamides is 1. The summed E-state index contributed by atoms with van der Waals surface area (Å²) in [7, 11) is -1.81. The summed E-state index contributed by atoms with van der Waals surface area (Å²) >= 11 is 1.42. The Bertz CT molecular complexity index is 603. The highest BCUT2D eigenvalue weighted by Gasteiger charge is 2.26. The normalized spacial score (nSPS) is 17.2.